The summed E-state index contributed by atoms with van der Waals surface area (Å²) >= 11 is 0. The molecule has 0 bridgehead atoms. The molecule has 1 aliphatic rings. The summed E-state index contributed by atoms with van der Waals surface area (Å²) in [5.74, 6) is 0.815. The van der Waals surface area contributed by atoms with E-state index >= 15 is 0 Å². The van der Waals surface area contributed by atoms with Crippen LogP contribution in [0.1, 0.15) is 34.2 Å². The van der Waals surface area contributed by atoms with Crippen LogP contribution in [0.4, 0.5) is 0 Å². The van der Waals surface area contributed by atoms with Crippen LogP contribution >= 0.6 is 0 Å². The summed E-state index contributed by atoms with van der Waals surface area (Å²) in [7, 11) is 0. The molecule has 0 unspecified atom stereocenters. The Labute approximate surface area is 188 Å². The van der Waals surface area contributed by atoms with Gasteiger partial charge in [-0.05, 0) is 48.6 Å². The van der Waals surface area contributed by atoms with Crippen LogP contribution in [0.3, 0.4) is 0 Å². The maximum absolute atomic E-state index is 12.9. The van der Waals surface area contributed by atoms with Gasteiger partial charge in [-0.25, -0.2) is 4.79 Å². The molecule has 0 saturated heterocycles. The SMILES string of the molecule is Cc1c(Cc2ccccc2)c(=O)oc2c3c(ccc12)OCN(CCCc1ccccc1)C3. The quantitative estimate of drug-likeness (QED) is 0.384. The molecule has 4 aromatic rings. The van der Waals surface area contributed by atoms with Crippen molar-refractivity contribution in [3.63, 3.8) is 0 Å². The molecule has 0 aliphatic carbocycles. The molecule has 162 valence electrons. The van der Waals surface area contributed by atoms with Crippen LogP contribution in [0.5, 0.6) is 5.75 Å². The minimum atomic E-state index is -0.256. The van der Waals surface area contributed by atoms with Crippen LogP contribution in [-0.2, 0) is 19.4 Å². The van der Waals surface area contributed by atoms with Gasteiger partial charge in [-0.15, -0.1) is 0 Å². The predicted molar refractivity (Wildman–Crippen MR) is 127 cm³/mol. The molecule has 32 heavy (non-hydrogen) atoms. The van der Waals surface area contributed by atoms with Crippen molar-refractivity contribution in [2.45, 2.75) is 32.7 Å². The molecule has 1 aliphatic heterocycles. The highest BCUT2D eigenvalue weighted by molar-refractivity contribution is 5.86. The Balaban J connectivity index is 1.39. The zero-order chi connectivity index (χ0) is 21.9. The van der Waals surface area contributed by atoms with Crippen molar-refractivity contribution in [3.8, 4) is 5.75 Å². The summed E-state index contributed by atoms with van der Waals surface area (Å²) in [6, 6.07) is 24.6. The van der Waals surface area contributed by atoms with E-state index < -0.39 is 0 Å². The summed E-state index contributed by atoms with van der Waals surface area (Å²) < 4.78 is 11.9. The second-order valence-corrected chi connectivity index (χ2v) is 8.49. The standard InChI is InChI=1S/C28H27NO3/c1-20-23-14-15-26-25(18-29(19-31-26)16-8-13-21-9-4-2-5-10-21)27(23)32-28(30)24(20)17-22-11-6-3-7-12-22/h2-7,9-12,14-15H,8,13,16-19H2,1H3. The van der Waals surface area contributed by atoms with E-state index in [2.05, 4.69) is 29.2 Å². The third-order valence-electron chi connectivity index (χ3n) is 6.31. The van der Waals surface area contributed by atoms with Crippen LogP contribution in [0.25, 0.3) is 11.0 Å². The summed E-state index contributed by atoms with van der Waals surface area (Å²) in [4.78, 5) is 15.2. The molecule has 0 spiro atoms. The average molecular weight is 426 g/mol. The second-order valence-electron chi connectivity index (χ2n) is 8.49. The van der Waals surface area contributed by atoms with Gasteiger partial charge in [0.2, 0.25) is 0 Å². The van der Waals surface area contributed by atoms with E-state index in [0.29, 0.717) is 18.7 Å². The number of aryl methyl sites for hydroxylation is 2. The first-order valence-corrected chi connectivity index (χ1v) is 11.2. The normalized spacial score (nSPS) is 13.7. The van der Waals surface area contributed by atoms with Crippen LogP contribution in [0.15, 0.2) is 82.0 Å². The Morgan fingerprint density at radius 3 is 2.38 bits per heavy atom. The number of nitrogens with zero attached hydrogens (tertiary/aromatic N) is 1. The minimum Gasteiger partial charge on any atom is -0.478 e. The summed E-state index contributed by atoms with van der Waals surface area (Å²) in [6.07, 6.45) is 2.67. The lowest BCUT2D eigenvalue weighted by Gasteiger charge is -2.29. The molecule has 0 fully saturated rings. The van der Waals surface area contributed by atoms with Gasteiger partial charge in [0.1, 0.15) is 18.1 Å². The van der Waals surface area contributed by atoms with Gasteiger partial charge >= 0.3 is 5.63 Å². The number of fused-ring (bicyclic) bond motifs is 3. The fraction of sp³-hybridized carbons (Fsp3) is 0.250. The van der Waals surface area contributed by atoms with E-state index in [1.54, 1.807) is 0 Å². The monoisotopic (exact) mass is 425 g/mol. The topological polar surface area (TPSA) is 42.7 Å². The molecular weight excluding hydrogens is 398 g/mol. The Morgan fingerprint density at radius 1 is 0.906 bits per heavy atom. The fourth-order valence-corrected chi connectivity index (χ4v) is 4.51. The van der Waals surface area contributed by atoms with Crippen molar-refractivity contribution in [1.82, 2.24) is 4.90 Å². The first kappa shape index (κ1) is 20.5. The Kier molecular flexibility index (Phi) is 5.78. The van der Waals surface area contributed by atoms with Gasteiger partial charge < -0.3 is 9.15 Å². The minimum absolute atomic E-state index is 0.256. The van der Waals surface area contributed by atoms with Gasteiger partial charge in [-0.2, -0.15) is 0 Å². The van der Waals surface area contributed by atoms with Crippen LogP contribution < -0.4 is 10.4 Å². The zero-order valence-electron chi connectivity index (χ0n) is 18.3. The average Bonchev–Trinajstić information content (AvgIpc) is 2.83. The van der Waals surface area contributed by atoms with Crippen molar-refractivity contribution in [1.29, 1.82) is 0 Å². The van der Waals surface area contributed by atoms with Crippen molar-refractivity contribution >= 4 is 11.0 Å². The summed E-state index contributed by atoms with van der Waals surface area (Å²) in [6.45, 7) is 4.23. The molecule has 1 aromatic heterocycles. The molecule has 0 N–H and O–H groups in total. The van der Waals surface area contributed by atoms with Gasteiger partial charge in [-0.3, -0.25) is 4.90 Å². The van der Waals surface area contributed by atoms with Gasteiger partial charge in [0.15, 0.2) is 0 Å². The van der Waals surface area contributed by atoms with Crippen molar-refractivity contribution in [3.05, 3.63) is 111 Å². The first-order valence-electron chi connectivity index (χ1n) is 11.2. The molecule has 0 radical (unpaired) electrons. The highest BCUT2D eigenvalue weighted by Gasteiger charge is 2.23. The fourth-order valence-electron chi connectivity index (χ4n) is 4.51. The molecule has 0 amide bonds. The van der Waals surface area contributed by atoms with Gasteiger partial charge in [-0.1, -0.05) is 60.7 Å². The molecule has 2 heterocycles. The van der Waals surface area contributed by atoms with E-state index in [4.69, 9.17) is 9.15 Å². The van der Waals surface area contributed by atoms with Crippen molar-refractivity contribution in [2.75, 3.05) is 13.3 Å². The van der Waals surface area contributed by atoms with Crippen LogP contribution in [0.2, 0.25) is 0 Å². The highest BCUT2D eigenvalue weighted by Crippen LogP contribution is 2.34. The van der Waals surface area contributed by atoms with E-state index in [1.807, 2.05) is 55.5 Å². The number of hydrogen-bond donors (Lipinski definition) is 0. The van der Waals surface area contributed by atoms with Crippen LogP contribution in [0, 0.1) is 6.92 Å². The number of rotatable bonds is 6. The third kappa shape index (κ3) is 4.19. The largest absolute Gasteiger partial charge is 0.478 e. The lowest BCUT2D eigenvalue weighted by atomic mass is 9.97. The van der Waals surface area contributed by atoms with Gasteiger partial charge in [0, 0.05) is 30.5 Å². The molecular formula is C28H27NO3. The smallest absolute Gasteiger partial charge is 0.340 e. The highest BCUT2D eigenvalue weighted by atomic mass is 16.5. The van der Waals surface area contributed by atoms with E-state index in [-0.39, 0.29) is 5.63 Å². The number of hydrogen-bond acceptors (Lipinski definition) is 4. The maximum Gasteiger partial charge on any atom is 0.340 e. The third-order valence-corrected chi connectivity index (χ3v) is 6.31. The second kappa shape index (κ2) is 9.01. The maximum atomic E-state index is 12.9. The Hall–Kier alpha value is -3.37. The molecule has 4 nitrogen and oxygen atoms in total. The molecule has 0 saturated carbocycles. The zero-order valence-corrected chi connectivity index (χ0v) is 18.3. The molecule has 5 rings (SSSR count). The van der Waals surface area contributed by atoms with Crippen molar-refractivity contribution < 1.29 is 9.15 Å². The summed E-state index contributed by atoms with van der Waals surface area (Å²) in [5.41, 5.74) is 5.55. The summed E-state index contributed by atoms with van der Waals surface area (Å²) in [5, 5.41) is 0.990. The van der Waals surface area contributed by atoms with Crippen molar-refractivity contribution in [2.24, 2.45) is 0 Å². The first-order chi connectivity index (χ1) is 15.7. The lowest BCUT2D eigenvalue weighted by molar-refractivity contribution is 0.0946. The molecule has 0 atom stereocenters. The van der Waals surface area contributed by atoms with Gasteiger partial charge in [0.25, 0.3) is 0 Å². The van der Waals surface area contributed by atoms with E-state index in [9.17, 15) is 4.79 Å². The number of benzene rings is 3. The van der Waals surface area contributed by atoms with E-state index in [0.717, 1.165) is 59.3 Å². The van der Waals surface area contributed by atoms with Crippen LogP contribution in [-0.4, -0.2) is 18.2 Å². The number of ether oxygens (including phenoxy) is 1. The Morgan fingerprint density at radius 2 is 1.62 bits per heavy atom. The predicted octanol–water partition coefficient (Wildman–Crippen LogP) is 5.48. The van der Waals surface area contributed by atoms with Gasteiger partial charge in [0.05, 0.1) is 5.56 Å². The van der Waals surface area contributed by atoms with E-state index in [1.165, 1.54) is 5.56 Å². The Bertz CT molecular complexity index is 1280. The molecule has 4 heteroatoms. The lowest BCUT2D eigenvalue weighted by Crippen LogP contribution is -2.33. The molecule has 3 aromatic carbocycles.